The van der Waals surface area contributed by atoms with Crippen molar-refractivity contribution in [2.24, 2.45) is 0 Å². The number of thiophene rings is 1. The largest absolute Gasteiger partial charge is 0.438 e. The minimum atomic E-state index is 0.552. The van der Waals surface area contributed by atoms with Gasteiger partial charge < -0.3 is 15.0 Å². The third-order valence-corrected chi connectivity index (χ3v) is 6.18. The molecule has 0 atom stereocenters. The van der Waals surface area contributed by atoms with Gasteiger partial charge in [-0.05, 0) is 59.8 Å². The topological polar surface area (TPSA) is 76.1 Å². The summed E-state index contributed by atoms with van der Waals surface area (Å²) in [6.45, 7) is 0.919. The summed E-state index contributed by atoms with van der Waals surface area (Å²) < 4.78 is 5.96. The molecule has 8 heteroatoms. The molecule has 6 rings (SSSR count). The van der Waals surface area contributed by atoms with Crippen molar-refractivity contribution in [2.45, 2.75) is 6.42 Å². The van der Waals surface area contributed by atoms with Gasteiger partial charge in [-0.3, -0.25) is 0 Å². The van der Waals surface area contributed by atoms with E-state index < -0.39 is 0 Å². The molecule has 0 radical (unpaired) electrons. The summed E-state index contributed by atoms with van der Waals surface area (Å²) in [6.07, 6.45) is 4.33. The van der Waals surface area contributed by atoms with Crippen LogP contribution in [0.25, 0.3) is 10.2 Å². The summed E-state index contributed by atoms with van der Waals surface area (Å²) in [4.78, 5) is 20.8. The number of hydrogen-bond donors (Lipinski definition) is 1. The second kappa shape index (κ2) is 7.90. The van der Waals surface area contributed by atoms with Crippen LogP contribution in [-0.4, -0.2) is 26.5 Å². The van der Waals surface area contributed by atoms with Crippen LogP contribution in [0.3, 0.4) is 0 Å². The maximum atomic E-state index is 5.96. The molecule has 0 aliphatic carbocycles. The van der Waals surface area contributed by atoms with Crippen molar-refractivity contribution in [3.8, 4) is 11.6 Å². The Hall–Kier alpha value is -4.04. The standard InChI is InChI=1S/C24H18N6OS/c1-2-4-20-16(3-1)10-13-30(20)21-9-12-25-24(29-21)28-17-5-7-18(8-6-17)31-22-19-11-14-32-23(19)27-15-26-22/h1-9,11-12,14-15H,10,13H2,(H,25,28,29). The zero-order valence-electron chi connectivity index (χ0n) is 17.0. The molecule has 4 heterocycles. The molecular weight excluding hydrogens is 420 g/mol. The maximum absolute atomic E-state index is 5.96. The van der Waals surface area contributed by atoms with Gasteiger partial charge in [-0.25, -0.2) is 15.0 Å². The van der Waals surface area contributed by atoms with Crippen molar-refractivity contribution in [1.82, 2.24) is 19.9 Å². The summed E-state index contributed by atoms with van der Waals surface area (Å²) in [6, 6.07) is 20.0. The summed E-state index contributed by atoms with van der Waals surface area (Å²) in [7, 11) is 0. The van der Waals surface area contributed by atoms with Crippen LogP contribution in [0, 0.1) is 0 Å². The van der Waals surface area contributed by atoms with Gasteiger partial charge >= 0.3 is 0 Å². The summed E-state index contributed by atoms with van der Waals surface area (Å²) in [5.74, 6) is 2.69. The molecular formula is C24H18N6OS. The lowest BCUT2D eigenvalue weighted by atomic mass is 10.2. The lowest BCUT2D eigenvalue weighted by molar-refractivity contribution is 0.468. The Kier molecular flexibility index (Phi) is 4.62. The van der Waals surface area contributed by atoms with Gasteiger partial charge in [0.25, 0.3) is 0 Å². The van der Waals surface area contributed by atoms with E-state index in [1.165, 1.54) is 17.6 Å². The van der Waals surface area contributed by atoms with Gasteiger partial charge in [-0.2, -0.15) is 4.98 Å². The number of nitrogens with one attached hydrogen (secondary N) is 1. The minimum Gasteiger partial charge on any atom is -0.438 e. The van der Waals surface area contributed by atoms with Gasteiger partial charge in [-0.15, -0.1) is 11.3 Å². The summed E-state index contributed by atoms with van der Waals surface area (Å²) >= 11 is 1.56. The number of fused-ring (bicyclic) bond motifs is 2. The second-order valence-electron chi connectivity index (χ2n) is 7.34. The van der Waals surface area contributed by atoms with E-state index in [1.54, 1.807) is 17.5 Å². The number of nitrogens with zero attached hydrogens (tertiary/aromatic N) is 5. The highest BCUT2D eigenvalue weighted by atomic mass is 32.1. The molecule has 1 aliphatic rings. The highest BCUT2D eigenvalue weighted by Gasteiger charge is 2.21. The van der Waals surface area contributed by atoms with Crippen molar-refractivity contribution in [1.29, 1.82) is 0 Å². The Balaban J connectivity index is 1.19. The predicted octanol–water partition coefficient (Wildman–Crippen LogP) is 5.71. The molecule has 0 saturated heterocycles. The van der Waals surface area contributed by atoms with E-state index in [9.17, 15) is 0 Å². The SMILES string of the molecule is c1ccc2c(c1)CCN2c1ccnc(Nc2ccc(Oc3ncnc4sccc34)cc2)n1. The monoisotopic (exact) mass is 438 g/mol. The van der Waals surface area contributed by atoms with Gasteiger partial charge in [0.15, 0.2) is 0 Å². The van der Waals surface area contributed by atoms with Crippen LogP contribution in [0.1, 0.15) is 5.56 Å². The van der Waals surface area contributed by atoms with Crippen LogP contribution in [0.5, 0.6) is 11.6 Å². The Labute approximate surface area is 188 Å². The van der Waals surface area contributed by atoms with Crippen LogP contribution in [0.2, 0.25) is 0 Å². The highest BCUT2D eigenvalue weighted by Crippen LogP contribution is 2.34. The first-order valence-electron chi connectivity index (χ1n) is 10.3. The zero-order valence-corrected chi connectivity index (χ0v) is 17.8. The maximum Gasteiger partial charge on any atom is 0.231 e. The fourth-order valence-corrected chi connectivity index (χ4v) is 4.55. The van der Waals surface area contributed by atoms with Gasteiger partial charge in [0.05, 0.1) is 5.39 Å². The molecule has 0 spiro atoms. The van der Waals surface area contributed by atoms with Crippen molar-refractivity contribution in [3.05, 3.63) is 84.1 Å². The van der Waals surface area contributed by atoms with E-state index in [4.69, 9.17) is 9.72 Å². The molecule has 32 heavy (non-hydrogen) atoms. The molecule has 5 aromatic rings. The third kappa shape index (κ3) is 3.50. The van der Waals surface area contributed by atoms with Crippen molar-refractivity contribution in [3.63, 3.8) is 0 Å². The van der Waals surface area contributed by atoms with Crippen molar-refractivity contribution >= 4 is 44.7 Å². The van der Waals surface area contributed by atoms with Gasteiger partial charge in [0, 0.05) is 24.1 Å². The van der Waals surface area contributed by atoms with Crippen LogP contribution in [0.4, 0.5) is 23.1 Å². The summed E-state index contributed by atoms with van der Waals surface area (Å²) in [5, 5.41) is 6.17. The van der Waals surface area contributed by atoms with E-state index in [-0.39, 0.29) is 0 Å². The lowest BCUT2D eigenvalue weighted by Crippen LogP contribution is -2.15. The molecule has 156 valence electrons. The molecule has 0 amide bonds. The first-order valence-corrected chi connectivity index (χ1v) is 11.1. The molecule has 3 aromatic heterocycles. The molecule has 0 saturated carbocycles. The number of hydrogen-bond acceptors (Lipinski definition) is 8. The Bertz CT molecular complexity index is 1400. The zero-order chi connectivity index (χ0) is 21.3. The average molecular weight is 439 g/mol. The first kappa shape index (κ1) is 18.7. The van der Waals surface area contributed by atoms with Crippen molar-refractivity contribution in [2.75, 3.05) is 16.8 Å². The normalized spacial score (nSPS) is 12.7. The van der Waals surface area contributed by atoms with Gasteiger partial charge in [0.2, 0.25) is 11.8 Å². The van der Waals surface area contributed by atoms with Gasteiger partial charge in [-0.1, -0.05) is 18.2 Å². The molecule has 1 aliphatic heterocycles. The predicted molar refractivity (Wildman–Crippen MR) is 126 cm³/mol. The van der Waals surface area contributed by atoms with E-state index in [0.717, 1.165) is 34.7 Å². The van der Waals surface area contributed by atoms with Crippen LogP contribution >= 0.6 is 11.3 Å². The fraction of sp³-hybridized carbons (Fsp3) is 0.0833. The Morgan fingerprint density at radius 3 is 2.78 bits per heavy atom. The number of aromatic nitrogens is 4. The molecule has 0 bridgehead atoms. The Morgan fingerprint density at radius 2 is 1.84 bits per heavy atom. The summed E-state index contributed by atoms with van der Waals surface area (Å²) in [5.41, 5.74) is 3.43. The Morgan fingerprint density at radius 1 is 0.938 bits per heavy atom. The minimum absolute atomic E-state index is 0.552. The fourth-order valence-electron chi connectivity index (χ4n) is 3.83. The third-order valence-electron chi connectivity index (χ3n) is 5.35. The average Bonchev–Trinajstić information content (AvgIpc) is 3.48. The number of rotatable bonds is 5. The van der Waals surface area contributed by atoms with Gasteiger partial charge in [0.1, 0.15) is 22.7 Å². The van der Waals surface area contributed by atoms with E-state index in [1.807, 2.05) is 41.8 Å². The number of para-hydroxylation sites is 1. The van der Waals surface area contributed by atoms with E-state index in [2.05, 4.69) is 49.4 Å². The number of ether oxygens (including phenoxy) is 1. The number of anilines is 4. The molecule has 7 nitrogen and oxygen atoms in total. The van der Waals surface area contributed by atoms with Crippen LogP contribution in [-0.2, 0) is 6.42 Å². The highest BCUT2D eigenvalue weighted by molar-refractivity contribution is 7.16. The smallest absolute Gasteiger partial charge is 0.231 e. The van der Waals surface area contributed by atoms with Crippen LogP contribution in [0.15, 0.2) is 78.6 Å². The van der Waals surface area contributed by atoms with E-state index in [0.29, 0.717) is 17.6 Å². The molecule has 1 N–H and O–H groups in total. The lowest BCUT2D eigenvalue weighted by Gasteiger charge is -2.18. The van der Waals surface area contributed by atoms with Crippen molar-refractivity contribution < 1.29 is 4.74 Å². The quantitative estimate of drug-likeness (QED) is 0.376. The second-order valence-corrected chi connectivity index (χ2v) is 8.23. The van der Waals surface area contributed by atoms with Crippen LogP contribution < -0.4 is 15.0 Å². The molecule has 0 unspecified atom stereocenters. The van der Waals surface area contributed by atoms with E-state index >= 15 is 0 Å². The first-order chi connectivity index (χ1) is 15.8. The molecule has 0 fully saturated rings. The number of benzene rings is 2. The molecule has 2 aromatic carbocycles.